The number of hydrogen-bond acceptors (Lipinski definition) is 5. The van der Waals surface area contributed by atoms with Crippen molar-refractivity contribution in [1.29, 1.82) is 0 Å². The Labute approximate surface area is 174 Å². The molecule has 2 aromatic rings. The van der Waals surface area contributed by atoms with Gasteiger partial charge in [-0.2, -0.15) is 4.31 Å². The fraction of sp³-hybridized carbons (Fsp3) is 0.263. The summed E-state index contributed by atoms with van der Waals surface area (Å²) in [5.74, 6) is -1.26. The first-order valence-corrected chi connectivity index (χ1v) is 10.7. The average Bonchev–Trinajstić information content (AvgIpc) is 2.68. The number of para-hydroxylation sites is 1. The number of sulfonamides is 1. The van der Waals surface area contributed by atoms with E-state index in [0.29, 0.717) is 26.2 Å². The Hall–Kier alpha value is -2.46. The van der Waals surface area contributed by atoms with E-state index in [2.05, 4.69) is 5.32 Å². The van der Waals surface area contributed by atoms with Crippen LogP contribution in [0.3, 0.4) is 0 Å². The summed E-state index contributed by atoms with van der Waals surface area (Å²) in [5, 5.41) is 2.63. The number of halogens is 1. The summed E-state index contributed by atoms with van der Waals surface area (Å²) < 4.78 is 27.4. The highest BCUT2D eigenvalue weighted by Gasteiger charge is 2.30. The largest absolute Gasteiger partial charge is 0.366 e. The zero-order valence-corrected chi connectivity index (χ0v) is 17.3. The van der Waals surface area contributed by atoms with Gasteiger partial charge in [0.1, 0.15) is 4.90 Å². The van der Waals surface area contributed by atoms with E-state index in [4.69, 9.17) is 17.3 Å². The lowest BCUT2D eigenvalue weighted by Gasteiger charge is -2.31. The highest BCUT2D eigenvalue weighted by atomic mass is 35.5. The summed E-state index contributed by atoms with van der Waals surface area (Å²) in [5.41, 5.74) is 5.82. The third-order valence-electron chi connectivity index (χ3n) is 4.71. The van der Waals surface area contributed by atoms with Crippen LogP contribution in [0, 0.1) is 0 Å². The number of nitrogens with two attached hydrogens (primary N) is 1. The van der Waals surface area contributed by atoms with Crippen molar-refractivity contribution in [2.45, 2.75) is 4.90 Å². The van der Waals surface area contributed by atoms with E-state index in [0.717, 1.165) is 0 Å². The van der Waals surface area contributed by atoms with E-state index in [-0.39, 0.29) is 26.7 Å². The predicted molar refractivity (Wildman–Crippen MR) is 111 cm³/mol. The lowest BCUT2D eigenvalue weighted by molar-refractivity contribution is 0.100. The molecule has 2 aromatic carbocycles. The molecule has 29 heavy (non-hydrogen) atoms. The Morgan fingerprint density at radius 2 is 1.72 bits per heavy atom. The van der Waals surface area contributed by atoms with Gasteiger partial charge in [-0.25, -0.2) is 8.42 Å². The molecule has 0 spiro atoms. The van der Waals surface area contributed by atoms with Crippen LogP contribution in [0.4, 0.5) is 5.69 Å². The topological polar surface area (TPSA) is 113 Å². The number of carbonyl (C=O) groups excluding carboxylic acids is 2. The molecule has 3 rings (SSSR count). The normalized spacial score (nSPS) is 15.8. The number of carbonyl (C=O) groups is 2. The molecule has 3 N–H and O–H groups in total. The molecule has 0 aromatic heterocycles. The molecule has 8 nitrogen and oxygen atoms in total. The number of nitrogens with one attached hydrogen (secondary N) is 1. The van der Waals surface area contributed by atoms with Crippen molar-refractivity contribution in [3.63, 3.8) is 0 Å². The van der Waals surface area contributed by atoms with Gasteiger partial charge in [-0.15, -0.1) is 0 Å². The maximum Gasteiger partial charge on any atom is 0.255 e. The first-order chi connectivity index (χ1) is 13.7. The molecule has 0 bridgehead atoms. The average molecular weight is 437 g/mol. The van der Waals surface area contributed by atoms with Crippen LogP contribution in [0.5, 0.6) is 0 Å². The highest BCUT2D eigenvalue weighted by molar-refractivity contribution is 7.89. The van der Waals surface area contributed by atoms with Crippen LogP contribution in [0.25, 0.3) is 0 Å². The van der Waals surface area contributed by atoms with Crippen LogP contribution >= 0.6 is 11.6 Å². The van der Waals surface area contributed by atoms with Gasteiger partial charge in [0.2, 0.25) is 10.0 Å². The van der Waals surface area contributed by atoms with Crippen molar-refractivity contribution < 1.29 is 18.0 Å². The minimum atomic E-state index is -3.85. The van der Waals surface area contributed by atoms with Crippen molar-refractivity contribution in [1.82, 2.24) is 9.21 Å². The molecule has 154 valence electrons. The Morgan fingerprint density at radius 1 is 1.07 bits per heavy atom. The number of benzene rings is 2. The summed E-state index contributed by atoms with van der Waals surface area (Å²) in [4.78, 5) is 26.1. The molecule has 10 heteroatoms. The number of anilines is 1. The summed E-state index contributed by atoms with van der Waals surface area (Å²) >= 11 is 6.15. The molecule has 1 fully saturated rings. The molecule has 1 saturated heterocycles. The lowest BCUT2D eigenvalue weighted by atomic mass is 10.1. The van der Waals surface area contributed by atoms with E-state index in [9.17, 15) is 18.0 Å². The van der Waals surface area contributed by atoms with Crippen LogP contribution in [0.1, 0.15) is 20.7 Å². The van der Waals surface area contributed by atoms with Gasteiger partial charge in [0, 0.05) is 31.7 Å². The van der Waals surface area contributed by atoms with Crippen molar-refractivity contribution in [2.24, 2.45) is 5.73 Å². The Balaban J connectivity index is 1.89. The molecule has 2 amide bonds. The fourth-order valence-corrected chi connectivity index (χ4v) is 4.93. The van der Waals surface area contributed by atoms with Gasteiger partial charge in [0.15, 0.2) is 0 Å². The smallest absolute Gasteiger partial charge is 0.255 e. The SMILES string of the molecule is CN1CCN(S(=O)(=O)c2cc(C(=O)Nc3ccccc3C(N)=O)ccc2Cl)CC1. The summed E-state index contributed by atoms with van der Waals surface area (Å²) in [6.45, 7) is 1.91. The van der Waals surface area contributed by atoms with Gasteiger partial charge in [-0.05, 0) is 37.4 Å². The van der Waals surface area contributed by atoms with Crippen LogP contribution < -0.4 is 11.1 Å². The molecule has 1 heterocycles. The second kappa shape index (κ2) is 8.50. The van der Waals surface area contributed by atoms with Crippen molar-refractivity contribution >= 4 is 39.1 Å². The second-order valence-corrected chi connectivity index (χ2v) is 9.03. The molecule has 0 radical (unpaired) electrons. The predicted octanol–water partition coefficient (Wildman–Crippen LogP) is 1.63. The molecule has 0 unspecified atom stereocenters. The zero-order valence-electron chi connectivity index (χ0n) is 15.8. The monoisotopic (exact) mass is 436 g/mol. The van der Waals surface area contributed by atoms with E-state index in [1.165, 1.54) is 34.6 Å². The van der Waals surface area contributed by atoms with Gasteiger partial charge in [0.25, 0.3) is 11.8 Å². The number of nitrogens with zero attached hydrogens (tertiary/aromatic N) is 2. The number of rotatable bonds is 5. The molecule has 0 atom stereocenters. The number of likely N-dealkylation sites (N-methyl/N-ethyl adjacent to an activating group) is 1. The number of piperazine rings is 1. The van der Waals surface area contributed by atoms with Crippen molar-refractivity contribution in [2.75, 3.05) is 38.5 Å². The molecule has 1 aliphatic heterocycles. The summed E-state index contributed by atoms with van der Waals surface area (Å²) in [6.07, 6.45) is 0. The van der Waals surface area contributed by atoms with Crippen LogP contribution in [-0.4, -0.2) is 62.7 Å². The molecule has 1 aliphatic rings. The third kappa shape index (κ3) is 4.59. The first kappa shape index (κ1) is 21.3. The fourth-order valence-electron chi connectivity index (χ4n) is 3.01. The number of amides is 2. The van der Waals surface area contributed by atoms with Crippen molar-refractivity contribution in [3.05, 3.63) is 58.6 Å². The van der Waals surface area contributed by atoms with E-state index >= 15 is 0 Å². The van der Waals surface area contributed by atoms with Gasteiger partial charge in [-0.3, -0.25) is 9.59 Å². The zero-order chi connectivity index (χ0) is 21.2. The number of hydrogen-bond donors (Lipinski definition) is 2. The number of primary amides is 1. The van der Waals surface area contributed by atoms with Gasteiger partial charge >= 0.3 is 0 Å². The highest BCUT2D eigenvalue weighted by Crippen LogP contribution is 2.27. The van der Waals surface area contributed by atoms with Crippen LogP contribution in [0.2, 0.25) is 5.02 Å². The summed E-state index contributed by atoms with van der Waals surface area (Å²) in [7, 11) is -1.92. The Morgan fingerprint density at radius 3 is 2.38 bits per heavy atom. The standard InChI is InChI=1S/C19H21ClN4O4S/c1-23-8-10-24(11-9-23)29(27,28)17-12-13(6-7-15(17)20)19(26)22-16-5-3-2-4-14(16)18(21)25/h2-7,12H,8-11H2,1H3,(H2,21,25)(H,22,26). The lowest BCUT2D eigenvalue weighted by Crippen LogP contribution is -2.47. The second-order valence-electron chi connectivity index (χ2n) is 6.72. The van der Waals surface area contributed by atoms with E-state index in [1.807, 2.05) is 11.9 Å². The van der Waals surface area contributed by atoms with E-state index in [1.54, 1.807) is 12.1 Å². The first-order valence-electron chi connectivity index (χ1n) is 8.88. The summed E-state index contributed by atoms with van der Waals surface area (Å²) in [6, 6.07) is 10.3. The van der Waals surface area contributed by atoms with Gasteiger partial charge < -0.3 is 16.0 Å². The van der Waals surface area contributed by atoms with Crippen molar-refractivity contribution in [3.8, 4) is 0 Å². The van der Waals surface area contributed by atoms with Gasteiger partial charge in [0.05, 0.1) is 16.3 Å². The molecular weight excluding hydrogens is 416 g/mol. The molecule has 0 aliphatic carbocycles. The molecule has 0 saturated carbocycles. The van der Waals surface area contributed by atoms with Crippen LogP contribution in [-0.2, 0) is 10.0 Å². The molecular formula is C19H21ClN4O4S. The maximum atomic E-state index is 13.0. The minimum Gasteiger partial charge on any atom is -0.366 e. The minimum absolute atomic E-state index is 0.0398. The van der Waals surface area contributed by atoms with E-state index < -0.39 is 21.8 Å². The Bertz CT molecular complexity index is 1050. The quantitative estimate of drug-likeness (QED) is 0.739. The third-order valence-corrected chi connectivity index (χ3v) is 7.09. The van der Waals surface area contributed by atoms with Crippen LogP contribution in [0.15, 0.2) is 47.4 Å². The van der Waals surface area contributed by atoms with Gasteiger partial charge in [-0.1, -0.05) is 23.7 Å². The maximum absolute atomic E-state index is 13.0. The Kier molecular flexibility index (Phi) is 6.23.